The molecule has 2 N–H and O–H groups in total. The van der Waals surface area contributed by atoms with E-state index >= 15 is 0 Å². The molecule has 3 fully saturated rings. The minimum Gasteiger partial charge on any atom is -0.474 e. The summed E-state index contributed by atoms with van der Waals surface area (Å²) in [5.41, 5.74) is 1.16. The highest BCUT2D eigenvalue weighted by Crippen LogP contribution is 2.43. The maximum atomic E-state index is 13.4. The van der Waals surface area contributed by atoms with E-state index in [2.05, 4.69) is 0 Å². The summed E-state index contributed by atoms with van der Waals surface area (Å²) in [7, 11) is 0. The summed E-state index contributed by atoms with van der Waals surface area (Å²) in [6.07, 6.45) is -8.95. The SMILES string of the molecule is CCS[C@@H]1OC2=CO[C@@H](c3ccccc3)O[C@H]2[C@H](O[C@@H]2O[C@@H]3CO[C@@H](c4ccccc4)O[C@H]3[C@H](O)[C@H]2O)[C@H]1OC(=O)c1ccccc1. The molecule has 0 radical (unpaired) electrons. The number of ether oxygens (including phenoxy) is 8. The lowest BCUT2D eigenvalue weighted by Crippen LogP contribution is -2.64. The van der Waals surface area contributed by atoms with Crippen molar-refractivity contribution in [3.8, 4) is 0 Å². The van der Waals surface area contributed by atoms with Gasteiger partial charge >= 0.3 is 5.97 Å². The molecule has 11 nitrogen and oxygen atoms in total. The zero-order chi connectivity index (χ0) is 32.3. The van der Waals surface area contributed by atoms with Gasteiger partial charge in [-0.05, 0) is 17.9 Å². The van der Waals surface area contributed by atoms with Crippen LogP contribution in [0.25, 0.3) is 0 Å². The van der Waals surface area contributed by atoms with Gasteiger partial charge < -0.3 is 48.1 Å². The number of fused-ring (bicyclic) bond motifs is 2. The zero-order valence-corrected chi connectivity index (χ0v) is 26.3. The van der Waals surface area contributed by atoms with Crippen molar-refractivity contribution in [1.29, 1.82) is 0 Å². The van der Waals surface area contributed by atoms with Crippen LogP contribution in [0.2, 0.25) is 0 Å². The highest BCUT2D eigenvalue weighted by molar-refractivity contribution is 7.99. The zero-order valence-electron chi connectivity index (χ0n) is 25.5. The minimum absolute atomic E-state index is 0.0807. The number of thioether (sulfide) groups is 1. The van der Waals surface area contributed by atoms with Crippen molar-refractivity contribution >= 4 is 17.7 Å². The van der Waals surface area contributed by atoms with Crippen molar-refractivity contribution in [2.75, 3.05) is 12.4 Å². The summed E-state index contributed by atoms with van der Waals surface area (Å²) in [6, 6.07) is 27.3. The van der Waals surface area contributed by atoms with Crippen molar-refractivity contribution in [3.63, 3.8) is 0 Å². The summed E-state index contributed by atoms with van der Waals surface area (Å²) in [5, 5.41) is 22.6. The van der Waals surface area contributed by atoms with Gasteiger partial charge in [-0.2, -0.15) is 0 Å². The van der Waals surface area contributed by atoms with E-state index in [1.165, 1.54) is 18.0 Å². The lowest BCUT2D eigenvalue weighted by Gasteiger charge is -2.49. The highest BCUT2D eigenvalue weighted by Gasteiger charge is 2.55. The van der Waals surface area contributed by atoms with Crippen LogP contribution >= 0.6 is 11.8 Å². The van der Waals surface area contributed by atoms with Gasteiger partial charge in [-0.3, -0.25) is 0 Å². The molecule has 0 unspecified atom stereocenters. The first-order valence-corrected chi connectivity index (χ1v) is 16.6. The molecular formula is C35H36O11S. The first kappa shape index (κ1) is 32.1. The number of rotatable bonds is 8. The summed E-state index contributed by atoms with van der Waals surface area (Å²) < 4.78 is 49.5. The Bertz CT molecular complexity index is 1510. The van der Waals surface area contributed by atoms with Crippen LogP contribution in [0, 0.1) is 0 Å². The Balaban J connectivity index is 1.17. The molecular weight excluding hydrogens is 628 g/mol. The maximum Gasteiger partial charge on any atom is 0.338 e. The molecule has 0 bridgehead atoms. The van der Waals surface area contributed by atoms with Crippen molar-refractivity contribution < 1.29 is 52.9 Å². The molecule has 4 heterocycles. The molecule has 4 aliphatic rings. The van der Waals surface area contributed by atoms with Gasteiger partial charge in [0.2, 0.25) is 6.29 Å². The van der Waals surface area contributed by atoms with Crippen LogP contribution in [0.4, 0.5) is 0 Å². The second-order valence-corrected chi connectivity index (χ2v) is 12.8. The summed E-state index contributed by atoms with van der Waals surface area (Å²) in [5.74, 6) is 0.379. The average Bonchev–Trinajstić information content (AvgIpc) is 3.12. The molecule has 3 saturated heterocycles. The first-order chi connectivity index (χ1) is 23.0. The Morgan fingerprint density at radius 2 is 1.49 bits per heavy atom. The van der Waals surface area contributed by atoms with E-state index in [0.29, 0.717) is 17.1 Å². The van der Waals surface area contributed by atoms with Crippen LogP contribution < -0.4 is 0 Å². The van der Waals surface area contributed by atoms with E-state index in [1.807, 2.05) is 67.6 Å². The van der Waals surface area contributed by atoms with Crippen LogP contribution in [0.15, 0.2) is 103 Å². The van der Waals surface area contributed by atoms with E-state index in [-0.39, 0.29) is 6.61 Å². The fraction of sp³-hybridized carbons (Fsp3) is 0.400. The quantitative estimate of drug-likeness (QED) is 0.334. The second kappa shape index (κ2) is 14.3. The van der Waals surface area contributed by atoms with E-state index < -0.39 is 73.0 Å². The van der Waals surface area contributed by atoms with Gasteiger partial charge in [0, 0.05) is 11.1 Å². The van der Waals surface area contributed by atoms with Gasteiger partial charge in [-0.25, -0.2) is 4.79 Å². The fourth-order valence-electron chi connectivity index (χ4n) is 6.01. The predicted octanol–water partition coefficient (Wildman–Crippen LogP) is 4.22. The molecule has 0 aromatic heterocycles. The summed E-state index contributed by atoms with van der Waals surface area (Å²) in [6.45, 7) is 2.04. The largest absolute Gasteiger partial charge is 0.474 e. The number of esters is 1. The number of carbonyl (C=O) groups is 1. The van der Waals surface area contributed by atoms with E-state index in [9.17, 15) is 15.0 Å². The Morgan fingerprint density at radius 3 is 2.17 bits per heavy atom. The lowest BCUT2D eigenvalue weighted by molar-refractivity contribution is -0.377. The number of hydrogen-bond acceptors (Lipinski definition) is 12. The highest BCUT2D eigenvalue weighted by atomic mass is 32.2. The molecule has 0 spiro atoms. The Morgan fingerprint density at radius 1 is 0.830 bits per heavy atom. The van der Waals surface area contributed by atoms with Gasteiger partial charge in [0.15, 0.2) is 36.0 Å². The molecule has 248 valence electrons. The van der Waals surface area contributed by atoms with Crippen molar-refractivity contribution in [2.45, 2.75) is 74.0 Å². The third-order valence-corrected chi connectivity index (χ3v) is 9.38. The van der Waals surface area contributed by atoms with Gasteiger partial charge in [0.25, 0.3) is 0 Å². The molecule has 47 heavy (non-hydrogen) atoms. The molecule has 4 aliphatic heterocycles. The number of carbonyl (C=O) groups excluding carboxylic acids is 1. The fourth-order valence-corrected chi connectivity index (χ4v) is 6.92. The smallest absolute Gasteiger partial charge is 0.338 e. The standard InChI is InChI=1S/C35H36O11S/c1-2-47-35-30(43-31(38)20-12-6-3-7-13-20)29(28-24(42-35)19-40-33(45-28)22-16-10-5-11-17-22)46-34-26(37)25(36)27-23(41-34)18-39-32(44-27)21-14-8-4-9-15-21/h3-17,19,23,25-30,32-37H,2,18H2,1H3/t23-,25-,26-,27-,28-,29+,30-,32-,33-,34+,35+/m1/s1. The number of aliphatic hydroxyl groups is 2. The van der Waals surface area contributed by atoms with Crippen LogP contribution in [0.5, 0.6) is 0 Å². The molecule has 0 aliphatic carbocycles. The Kier molecular flexibility index (Phi) is 9.80. The second-order valence-electron chi connectivity index (χ2n) is 11.4. The van der Waals surface area contributed by atoms with Crippen LogP contribution in [-0.4, -0.2) is 83.0 Å². The van der Waals surface area contributed by atoms with Crippen molar-refractivity contribution in [2.24, 2.45) is 0 Å². The van der Waals surface area contributed by atoms with Crippen LogP contribution in [0.1, 0.15) is 41.0 Å². The molecule has 7 rings (SSSR count). The number of aliphatic hydroxyl groups excluding tert-OH is 2. The van der Waals surface area contributed by atoms with Gasteiger partial charge in [0.1, 0.15) is 36.8 Å². The minimum atomic E-state index is -1.52. The van der Waals surface area contributed by atoms with Gasteiger partial charge in [-0.1, -0.05) is 85.8 Å². The van der Waals surface area contributed by atoms with E-state index in [4.69, 9.17) is 37.9 Å². The molecule has 12 heteroatoms. The lowest BCUT2D eigenvalue weighted by atomic mass is 9.97. The monoisotopic (exact) mass is 664 g/mol. The third kappa shape index (κ3) is 6.78. The Hall–Kier alpha value is -3.46. The Labute approximate surface area is 276 Å². The van der Waals surface area contributed by atoms with E-state index in [1.54, 1.807) is 30.3 Å². The molecule has 0 amide bonds. The molecule has 3 aromatic carbocycles. The number of hydrogen-bond donors (Lipinski definition) is 2. The maximum absolute atomic E-state index is 13.4. The van der Waals surface area contributed by atoms with Crippen molar-refractivity contribution in [3.05, 3.63) is 120 Å². The third-order valence-electron chi connectivity index (χ3n) is 8.35. The average molecular weight is 665 g/mol. The normalized spacial score (nSPS) is 34.9. The van der Waals surface area contributed by atoms with Crippen LogP contribution in [0.3, 0.4) is 0 Å². The number of benzene rings is 3. The van der Waals surface area contributed by atoms with Crippen LogP contribution in [-0.2, 0) is 37.9 Å². The predicted molar refractivity (Wildman–Crippen MR) is 167 cm³/mol. The van der Waals surface area contributed by atoms with Gasteiger partial charge in [0.05, 0.1) is 12.2 Å². The first-order valence-electron chi connectivity index (χ1n) is 15.6. The summed E-state index contributed by atoms with van der Waals surface area (Å²) >= 11 is 1.41. The summed E-state index contributed by atoms with van der Waals surface area (Å²) in [4.78, 5) is 13.4. The van der Waals surface area contributed by atoms with E-state index in [0.717, 1.165) is 11.1 Å². The molecule has 11 atom stereocenters. The van der Waals surface area contributed by atoms with Crippen molar-refractivity contribution in [1.82, 2.24) is 0 Å². The molecule has 3 aromatic rings. The molecule has 0 saturated carbocycles. The van der Waals surface area contributed by atoms with Gasteiger partial charge in [-0.15, -0.1) is 11.8 Å². The topological polar surface area (TPSA) is 131 Å².